The monoisotopic (exact) mass is 321 g/mol. The molecule has 0 saturated carbocycles. The molecule has 0 bridgehead atoms. The molecular weight excluding hydrogens is 309 g/mol. The summed E-state index contributed by atoms with van der Waals surface area (Å²) in [5.74, 6) is 0.387. The predicted octanol–water partition coefficient (Wildman–Crippen LogP) is 4.11. The van der Waals surface area contributed by atoms with Crippen LogP contribution in [0.25, 0.3) is 0 Å². The lowest BCUT2D eigenvalue weighted by atomic mass is 9.93. The standard InChI is InChI=1S/C15H13BrFNO/c16-12-4-2-1-3-10(12)15-8-13(18)11-7-9(17)5-6-14(11)19-15/h1-7,13,15H,8,18H2/t13-,15?/m0/s1. The third kappa shape index (κ3) is 2.38. The van der Waals surface area contributed by atoms with E-state index in [2.05, 4.69) is 15.9 Å². The Hall–Kier alpha value is -1.39. The summed E-state index contributed by atoms with van der Waals surface area (Å²) in [6.07, 6.45) is 0.530. The zero-order chi connectivity index (χ0) is 13.4. The Balaban J connectivity index is 1.97. The second-order valence-corrected chi connectivity index (χ2v) is 5.51. The molecule has 2 atom stereocenters. The van der Waals surface area contributed by atoms with E-state index in [9.17, 15) is 4.39 Å². The fraction of sp³-hybridized carbons (Fsp3) is 0.200. The van der Waals surface area contributed by atoms with Crippen LogP contribution in [0.5, 0.6) is 5.75 Å². The Morgan fingerprint density at radius 2 is 1.95 bits per heavy atom. The zero-order valence-electron chi connectivity index (χ0n) is 10.1. The minimum atomic E-state index is -0.280. The van der Waals surface area contributed by atoms with Crippen LogP contribution in [0.15, 0.2) is 46.9 Å². The van der Waals surface area contributed by atoms with Crippen LogP contribution >= 0.6 is 15.9 Å². The highest BCUT2D eigenvalue weighted by atomic mass is 79.9. The minimum absolute atomic E-state index is 0.108. The molecule has 0 aromatic heterocycles. The van der Waals surface area contributed by atoms with E-state index >= 15 is 0 Å². The fourth-order valence-electron chi connectivity index (χ4n) is 2.40. The molecule has 0 aliphatic carbocycles. The molecule has 19 heavy (non-hydrogen) atoms. The van der Waals surface area contributed by atoms with E-state index in [0.29, 0.717) is 12.2 Å². The SMILES string of the molecule is N[C@H]1CC(c2ccccc2Br)Oc2ccc(F)cc21. The molecule has 0 fully saturated rings. The van der Waals surface area contributed by atoms with Gasteiger partial charge in [0.2, 0.25) is 0 Å². The highest BCUT2D eigenvalue weighted by Crippen LogP contribution is 2.41. The molecule has 0 spiro atoms. The van der Waals surface area contributed by atoms with Crippen LogP contribution in [0.3, 0.4) is 0 Å². The molecule has 1 unspecified atom stereocenters. The van der Waals surface area contributed by atoms with Gasteiger partial charge in [0, 0.05) is 28.1 Å². The van der Waals surface area contributed by atoms with Crippen molar-refractivity contribution in [3.8, 4) is 5.75 Å². The molecule has 3 rings (SSSR count). The highest BCUT2D eigenvalue weighted by molar-refractivity contribution is 9.10. The summed E-state index contributed by atoms with van der Waals surface area (Å²) < 4.78 is 20.2. The summed E-state index contributed by atoms with van der Waals surface area (Å²) in [5.41, 5.74) is 7.93. The Morgan fingerprint density at radius 1 is 1.16 bits per heavy atom. The maximum Gasteiger partial charge on any atom is 0.127 e. The molecular formula is C15H13BrFNO. The largest absolute Gasteiger partial charge is 0.485 e. The minimum Gasteiger partial charge on any atom is -0.485 e. The number of nitrogens with two attached hydrogens (primary N) is 1. The number of benzene rings is 2. The van der Waals surface area contributed by atoms with Crippen molar-refractivity contribution < 1.29 is 9.13 Å². The van der Waals surface area contributed by atoms with Crippen LogP contribution in [-0.4, -0.2) is 0 Å². The summed E-state index contributed by atoms with van der Waals surface area (Å²) in [4.78, 5) is 0. The molecule has 1 aliphatic rings. The summed E-state index contributed by atoms with van der Waals surface area (Å²) in [5, 5.41) is 0. The third-order valence-corrected chi connectivity index (χ3v) is 4.08. The van der Waals surface area contributed by atoms with E-state index in [0.717, 1.165) is 15.6 Å². The average Bonchev–Trinajstić information content (AvgIpc) is 2.40. The van der Waals surface area contributed by atoms with Gasteiger partial charge in [0.15, 0.2) is 0 Å². The van der Waals surface area contributed by atoms with Gasteiger partial charge in [0.1, 0.15) is 17.7 Å². The molecule has 98 valence electrons. The molecule has 1 aliphatic heterocycles. The second-order valence-electron chi connectivity index (χ2n) is 4.65. The van der Waals surface area contributed by atoms with Gasteiger partial charge in [-0.1, -0.05) is 34.1 Å². The van der Waals surface area contributed by atoms with Gasteiger partial charge in [-0.3, -0.25) is 0 Å². The molecule has 4 heteroatoms. The Labute approximate surface area is 119 Å². The first-order chi connectivity index (χ1) is 9.15. The summed E-state index contributed by atoms with van der Waals surface area (Å²) in [6.45, 7) is 0. The Kier molecular flexibility index (Phi) is 3.29. The fourth-order valence-corrected chi connectivity index (χ4v) is 2.94. The van der Waals surface area contributed by atoms with Crippen LogP contribution in [0.4, 0.5) is 4.39 Å². The molecule has 2 N–H and O–H groups in total. The second kappa shape index (κ2) is 4.94. The quantitative estimate of drug-likeness (QED) is 0.857. The topological polar surface area (TPSA) is 35.2 Å². The summed E-state index contributed by atoms with van der Waals surface area (Å²) in [7, 11) is 0. The van der Waals surface area contributed by atoms with Crippen LogP contribution < -0.4 is 10.5 Å². The molecule has 2 aromatic carbocycles. The van der Waals surface area contributed by atoms with Crippen molar-refractivity contribution in [1.82, 2.24) is 0 Å². The first-order valence-electron chi connectivity index (χ1n) is 6.11. The van der Waals surface area contributed by atoms with Gasteiger partial charge >= 0.3 is 0 Å². The van der Waals surface area contributed by atoms with Crippen LogP contribution in [0, 0.1) is 5.82 Å². The number of rotatable bonds is 1. The average molecular weight is 322 g/mol. The van der Waals surface area contributed by atoms with Gasteiger partial charge in [-0.05, 0) is 24.3 Å². The van der Waals surface area contributed by atoms with Crippen molar-refractivity contribution in [2.24, 2.45) is 5.73 Å². The molecule has 2 nitrogen and oxygen atoms in total. The maximum absolute atomic E-state index is 13.2. The highest BCUT2D eigenvalue weighted by Gasteiger charge is 2.28. The van der Waals surface area contributed by atoms with E-state index in [-0.39, 0.29) is 18.0 Å². The van der Waals surface area contributed by atoms with Crippen LogP contribution in [0.2, 0.25) is 0 Å². The summed E-state index contributed by atoms with van der Waals surface area (Å²) >= 11 is 3.52. The number of ether oxygens (including phenoxy) is 1. The van der Waals surface area contributed by atoms with Gasteiger partial charge in [-0.2, -0.15) is 0 Å². The number of fused-ring (bicyclic) bond motifs is 1. The zero-order valence-corrected chi connectivity index (χ0v) is 11.7. The number of hydrogen-bond donors (Lipinski definition) is 1. The van der Waals surface area contributed by atoms with E-state index in [1.165, 1.54) is 12.1 Å². The van der Waals surface area contributed by atoms with Crippen molar-refractivity contribution in [2.45, 2.75) is 18.6 Å². The van der Waals surface area contributed by atoms with E-state index in [1.807, 2.05) is 24.3 Å². The molecule has 1 heterocycles. The van der Waals surface area contributed by atoms with E-state index in [4.69, 9.17) is 10.5 Å². The molecule has 0 saturated heterocycles. The maximum atomic E-state index is 13.2. The van der Waals surface area contributed by atoms with Crippen molar-refractivity contribution in [2.75, 3.05) is 0 Å². The number of halogens is 2. The smallest absolute Gasteiger partial charge is 0.127 e. The summed E-state index contributed by atoms with van der Waals surface area (Å²) in [6, 6.07) is 12.2. The van der Waals surface area contributed by atoms with Crippen molar-refractivity contribution in [1.29, 1.82) is 0 Å². The van der Waals surface area contributed by atoms with Crippen LogP contribution in [0.1, 0.15) is 29.7 Å². The van der Waals surface area contributed by atoms with Crippen molar-refractivity contribution in [3.63, 3.8) is 0 Å². The lowest BCUT2D eigenvalue weighted by molar-refractivity contribution is 0.160. The lowest BCUT2D eigenvalue weighted by Crippen LogP contribution is -2.24. The predicted molar refractivity (Wildman–Crippen MR) is 75.5 cm³/mol. The number of hydrogen-bond acceptors (Lipinski definition) is 2. The van der Waals surface area contributed by atoms with Gasteiger partial charge in [0.25, 0.3) is 0 Å². The first kappa shape index (κ1) is 12.6. The van der Waals surface area contributed by atoms with Gasteiger partial charge in [-0.15, -0.1) is 0 Å². The molecule has 0 amide bonds. The third-order valence-electron chi connectivity index (χ3n) is 3.36. The van der Waals surface area contributed by atoms with Gasteiger partial charge in [0.05, 0.1) is 0 Å². The van der Waals surface area contributed by atoms with Crippen molar-refractivity contribution >= 4 is 15.9 Å². The van der Waals surface area contributed by atoms with E-state index in [1.54, 1.807) is 6.07 Å². The van der Waals surface area contributed by atoms with Crippen molar-refractivity contribution in [3.05, 3.63) is 63.9 Å². The normalized spacial score (nSPS) is 21.6. The van der Waals surface area contributed by atoms with Gasteiger partial charge in [-0.25, -0.2) is 4.39 Å². The molecule has 0 radical (unpaired) electrons. The lowest BCUT2D eigenvalue weighted by Gasteiger charge is -2.31. The van der Waals surface area contributed by atoms with Crippen LogP contribution in [-0.2, 0) is 0 Å². The Bertz CT molecular complexity index is 617. The Morgan fingerprint density at radius 3 is 2.74 bits per heavy atom. The van der Waals surface area contributed by atoms with E-state index < -0.39 is 0 Å². The first-order valence-corrected chi connectivity index (χ1v) is 6.90. The van der Waals surface area contributed by atoms with Gasteiger partial charge < -0.3 is 10.5 Å². The molecule has 2 aromatic rings.